The van der Waals surface area contributed by atoms with Crippen molar-refractivity contribution < 1.29 is 4.79 Å². The maximum absolute atomic E-state index is 12.1. The summed E-state index contributed by atoms with van der Waals surface area (Å²) in [6.45, 7) is 7.76. The molecule has 1 N–H and O–H groups in total. The molecule has 0 aliphatic rings. The van der Waals surface area contributed by atoms with Crippen LogP contribution in [-0.2, 0) is 0 Å². The van der Waals surface area contributed by atoms with Crippen LogP contribution in [0.5, 0.6) is 0 Å². The summed E-state index contributed by atoms with van der Waals surface area (Å²) in [7, 11) is 0. The fourth-order valence-corrected chi connectivity index (χ4v) is 2.70. The van der Waals surface area contributed by atoms with E-state index in [4.69, 9.17) is 0 Å². The Kier molecular flexibility index (Phi) is 10.7. The van der Waals surface area contributed by atoms with Crippen LogP contribution in [0, 0.1) is 3.57 Å². The number of rotatable bonds is 6. The van der Waals surface area contributed by atoms with Crippen LogP contribution < -0.4 is 5.32 Å². The fourth-order valence-electron chi connectivity index (χ4n) is 2.18. The van der Waals surface area contributed by atoms with Gasteiger partial charge in [0.1, 0.15) is 5.69 Å². The van der Waals surface area contributed by atoms with Gasteiger partial charge < -0.3 is 10.2 Å². The summed E-state index contributed by atoms with van der Waals surface area (Å²) >= 11 is 2.27. The highest BCUT2D eigenvalue weighted by molar-refractivity contribution is 14.1. The molecule has 23 heavy (non-hydrogen) atoms. The third-order valence-corrected chi connectivity index (χ3v) is 4.16. The van der Waals surface area contributed by atoms with Crippen LogP contribution in [0.25, 0.3) is 10.9 Å². The molecule has 0 spiro atoms. The second-order valence-electron chi connectivity index (χ2n) is 4.82. The highest BCUT2D eigenvalue weighted by Crippen LogP contribution is 2.16. The number of benzene rings is 1. The molecule has 0 bridgehead atoms. The minimum atomic E-state index is -0.109. The number of hydrogen-bond acceptors (Lipinski definition) is 3. The minimum Gasteiger partial charge on any atom is -0.349 e. The van der Waals surface area contributed by atoms with E-state index >= 15 is 0 Å². The Morgan fingerprint density at radius 2 is 1.87 bits per heavy atom. The van der Waals surface area contributed by atoms with Gasteiger partial charge in [0.25, 0.3) is 5.91 Å². The minimum absolute atomic E-state index is 0. The lowest BCUT2D eigenvalue weighted by atomic mass is 10.2. The van der Waals surface area contributed by atoms with Crippen molar-refractivity contribution >= 4 is 64.2 Å². The van der Waals surface area contributed by atoms with Crippen molar-refractivity contribution in [1.29, 1.82) is 0 Å². The maximum atomic E-state index is 12.1. The largest absolute Gasteiger partial charge is 0.349 e. The van der Waals surface area contributed by atoms with Crippen molar-refractivity contribution in [1.82, 2.24) is 15.2 Å². The van der Waals surface area contributed by atoms with Crippen molar-refractivity contribution in [3.8, 4) is 0 Å². The lowest BCUT2D eigenvalue weighted by Crippen LogP contribution is -2.35. The first-order chi connectivity index (χ1) is 10.1. The summed E-state index contributed by atoms with van der Waals surface area (Å²) in [5.74, 6) is -0.109. The molecule has 2 aromatic rings. The van der Waals surface area contributed by atoms with Crippen LogP contribution in [0.1, 0.15) is 24.3 Å². The van der Waals surface area contributed by atoms with Gasteiger partial charge in [0, 0.05) is 22.0 Å². The molecule has 0 aliphatic heterocycles. The summed E-state index contributed by atoms with van der Waals surface area (Å²) in [5.41, 5.74) is 1.33. The molecular formula is C16H22Cl2IN3O. The number of carbonyl (C=O) groups is 1. The zero-order chi connectivity index (χ0) is 15.2. The van der Waals surface area contributed by atoms with Crippen LogP contribution in [0.4, 0.5) is 0 Å². The van der Waals surface area contributed by atoms with Crippen LogP contribution >= 0.6 is 47.4 Å². The van der Waals surface area contributed by atoms with Gasteiger partial charge in [0.05, 0.1) is 5.52 Å². The second-order valence-corrected chi connectivity index (χ2v) is 6.06. The first-order valence-corrected chi connectivity index (χ1v) is 8.28. The summed E-state index contributed by atoms with van der Waals surface area (Å²) < 4.78 is 1.17. The molecule has 0 fully saturated rings. The molecule has 0 atom stereocenters. The van der Waals surface area contributed by atoms with Gasteiger partial charge in [-0.2, -0.15) is 0 Å². The van der Waals surface area contributed by atoms with E-state index in [9.17, 15) is 4.79 Å². The number of nitrogens with zero attached hydrogens (tertiary/aromatic N) is 2. The maximum Gasteiger partial charge on any atom is 0.269 e. The molecule has 128 valence electrons. The monoisotopic (exact) mass is 467 g/mol. The topological polar surface area (TPSA) is 45.2 Å². The van der Waals surface area contributed by atoms with E-state index in [1.165, 1.54) is 3.57 Å². The average molecular weight is 468 g/mol. The molecule has 0 unspecified atom stereocenters. The predicted octanol–water partition coefficient (Wildman–Crippen LogP) is 3.75. The van der Waals surface area contributed by atoms with Gasteiger partial charge in [-0.05, 0) is 59.9 Å². The smallest absolute Gasteiger partial charge is 0.269 e. The standard InChI is InChI=1S/C16H20IN3O.2ClH/c1-3-20(4-2)10-9-18-16(21)15-7-5-12-11-13(17)6-8-14(12)19-15;;/h5-8,11H,3-4,9-10H2,1-2H3,(H,18,21);2*1H/i17-2;;. The van der Waals surface area contributed by atoms with Gasteiger partial charge in [0.15, 0.2) is 0 Å². The van der Waals surface area contributed by atoms with E-state index in [1.54, 1.807) is 6.07 Å². The van der Waals surface area contributed by atoms with Crippen LogP contribution in [0.2, 0.25) is 0 Å². The molecule has 1 amide bonds. The zero-order valence-corrected chi connectivity index (χ0v) is 17.0. The number of likely N-dealkylation sites (N-methyl/N-ethyl adjacent to an activating group) is 1. The quantitative estimate of drug-likeness (QED) is 0.658. The van der Waals surface area contributed by atoms with Crippen molar-refractivity contribution in [3.05, 3.63) is 39.6 Å². The molecule has 1 heterocycles. The Morgan fingerprint density at radius 1 is 1.17 bits per heavy atom. The summed E-state index contributed by atoms with van der Waals surface area (Å²) in [4.78, 5) is 18.8. The molecule has 0 saturated carbocycles. The Balaban J connectivity index is 0.00000242. The summed E-state index contributed by atoms with van der Waals surface area (Å²) in [6.07, 6.45) is 0. The summed E-state index contributed by atoms with van der Waals surface area (Å²) in [6, 6.07) is 9.74. The molecule has 1 aromatic carbocycles. The highest BCUT2D eigenvalue weighted by atomic mass is 125. The van der Waals surface area contributed by atoms with Crippen molar-refractivity contribution in [2.45, 2.75) is 13.8 Å². The predicted molar refractivity (Wildman–Crippen MR) is 109 cm³/mol. The number of amides is 1. The van der Waals surface area contributed by atoms with Gasteiger partial charge >= 0.3 is 0 Å². The van der Waals surface area contributed by atoms with Crippen LogP contribution in [0.15, 0.2) is 30.3 Å². The van der Waals surface area contributed by atoms with Gasteiger partial charge in [-0.25, -0.2) is 4.98 Å². The molecule has 0 saturated heterocycles. The SMILES string of the molecule is CCN(CC)CCNC(=O)c1ccc2cc([125I])ccc2n1.Cl.Cl. The van der Waals surface area contributed by atoms with Crippen molar-refractivity contribution in [2.75, 3.05) is 26.2 Å². The third-order valence-electron chi connectivity index (χ3n) is 3.49. The Hall–Kier alpha value is -0.630. The third kappa shape index (κ3) is 6.41. The number of nitrogens with one attached hydrogen (secondary N) is 1. The average Bonchev–Trinajstić information content (AvgIpc) is 2.50. The normalized spacial score (nSPS) is 10.1. The van der Waals surface area contributed by atoms with Gasteiger partial charge in [0.2, 0.25) is 0 Å². The summed E-state index contributed by atoms with van der Waals surface area (Å²) in [5, 5.41) is 3.99. The molecule has 4 nitrogen and oxygen atoms in total. The number of carbonyl (C=O) groups excluding carboxylic acids is 1. The van der Waals surface area contributed by atoms with Gasteiger partial charge in [-0.15, -0.1) is 24.8 Å². The van der Waals surface area contributed by atoms with Gasteiger partial charge in [-0.1, -0.05) is 19.9 Å². The second kappa shape index (κ2) is 11.0. The van der Waals surface area contributed by atoms with E-state index in [1.807, 2.05) is 18.2 Å². The number of aromatic nitrogens is 1. The highest BCUT2D eigenvalue weighted by Gasteiger charge is 2.08. The number of pyridine rings is 1. The van der Waals surface area contributed by atoms with Crippen LogP contribution in [-0.4, -0.2) is 42.0 Å². The number of fused-ring (bicyclic) bond motifs is 1. The Labute approximate surface area is 163 Å². The Morgan fingerprint density at radius 3 is 2.52 bits per heavy atom. The first-order valence-electron chi connectivity index (χ1n) is 7.21. The van der Waals surface area contributed by atoms with E-state index in [0.717, 1.165) is 30.5 Å². The van der Waals surface area contributed by atoms with E-state index < -0.39 is 0 Å². The number of halogens is 3. The van der Waals surface area contributed by atoms with Gasteiger partial charge in [-0.3, -0.25) is 4.79 Å². The molecule has 0 radical (unpaired) electrons. The van der Waals surface area contributed by atoms with E-state index in [0.29, 0.717) is 12.2 Å². The Bertz CT molecular complexity index is 636. The van der Waals surface area contributed by atoms with Crippen molar-refractivity contribution in [2.24, 2.45) is 0 Å². The van der Waals surface area contributed by atoms with E-state index in [-0.39, 0.29) is 30.7 Å². The fraction of sp³-hybridized carbons (Fsp3) is 0.375. The first kappa shape index (κ1) is 22.4. The molecule has 2 rings (SSSR count). The lowest BCUT2D eigenvalue weighted by molar-refractivity contribution is 0.0944. The van der Waals surface area contributed by atoms with Crippen molar-refractivity contribution in [3.63, 3.8) is 0 Å². The molecule has 7 heteroatoms. The zero-order valence-electron chi connectivity index (χ0n) is 13.2. The molecular weight excluding hydrogens is 446 g/mol. The number of hydrogen-bond donors (Lipinski definition) is 1. The van der Waals surface area contributed by atoms with E-state index in [2.05, 4.69) is 57.7 Å². The molecule has 0 aliphatic carbocycles. The molecule has 1 aromatic heterocycles. The lowest BCUT2D eigenvalue weighted by Gasteiger charge is -2.17. The van der Waals surface area contributed by atoms with Crippen LogP contribution in [0.3, 0.4) is 0 Å².